The molecule has 0 aliphatic carbocycles. The van der Waals surface area contributed by atoms with Crippen LogP contribution in [0, 0.1) is 20.8 Å². The molecule has 39 nitrogen and oxygen atoms in total. The third-order valence-electron chi connectivity index (χ3n) is 20.2. The van der Waals surface area contributed by atoms with Crippen molar-refractivity contribution in [3.63, 3.8) is 0 Å². The van der Waals surface area contributed by atoms with Gasteiger partial charge in [0.15, 0.2) is 23.3 Å². The van der Waals surface area contributed by atoms with Crippen molar-refractivity contribution in [2.24, 2.45) is 40.2 Å². The van der Waals surface area contributed by atoms with E-state index < -0.39 is 66.0 Å². The van der Waals surface area contributed by atoms with Crippen molar-refractivity contribution in [1.82, 2.24) is 94.3 Å². The highest BCUT2D eigenvalue weighted by molar-refractivity contribution is 7.15. The lowest BCUT2D eigenvalue weighted by Crippen LogP contribution is -2.45. The van der Waals surface area contributed by atoms with Crippen molar-refractivity contribution in [2.45, 2.75) is 96.8 Å². The predicted octanol–water partition coefficient (Wildman–Crippen LogP) is 4.84. The molecule has 10 N–H and O–H groups in total. The van der Waals surface area contributed by atoms with Crippen LogP contribution in [0.4, 0.5) is 36.2 Å². The van der Waals surface area contributed by atoms with Gasteiger partial charge in [-0.25, -0.2) is 15.0 Å². The zero-order valence-corrected chi connectivity index (χ0v) is 72.7. The molecule has 44 heteroatoms. The number of nitrogens with one attached hydrogen (secondary N) is 10. The van der Waals surface area contributed by atoms with E-state index in [1.54, 1.807) is 56.5 Å². The number of ether oxygens (including phenoxy) is 5. The fourth-order valence-electron chi connectivity index (χ4n) is 13.7. The second-order valence-corrected chi connectivity index (χ2v) is 31.5. The number of carbonyl (C=O) groups excluding carboxylic acids is 10. The maximum atomic E-state index is 13.7. The SMILES string of the molecule is Cc1sc2c(c1C)C(c1ccc(Cl)cc1)=N[C@@H](CC(=O)NC1CCN(CCOCCOCCOCCOCCOCCC(=O)NCCCN(CCCNC(=O)CCNC(=O)c3nc(NC(=O)CCNC(=O)c4cc(NC(=O)c5nc(NC(=O)CCNC(=O)c6cc(NC(=O)c7nccn7C)cn6C)cn5C)cn4C)cn3C)CC(F)(F)F)CC1)c1nnc(C)n1-2. The van der Waals surface area contributed by atoms with Crippen LogP contribution in [-0.2, 0) is 82.9 Å². The first-order valence-corrected chi connectivity index (χ1v) is 42.2. The van der Waals surface area contributed by atoms with E-state index in [9.17, 15) is 61.1 Å². The Balaban J connectivity index is 0.493. The first-order valence-electron chi connectivity index (χ1n) is 41.0. The number of anilines is 4. The first kappa shape index (κ1) is 95.6. The van der Waals surface area contributed by atoms with Gasteiger partial charge in [-0.05, 0) is 76.3 Å². The number of benzene rings is 1. The summed E-state index contributed by atoms with van der Waals surface area (Å²) < 4.78 is 78.0. The van der Waals surface area contributed by atoms with E-state index in [-0.39, 0.29) is 175 Å². The van der Waals surface area contributed by atoms with Crippen LogP contribution in [0.5, 0.6) is 0 Å². The number of aromatic nitrogens is 11. The summed E-state index contributed by atoms with van der Waals surface area (Å²) in [6.45, 7) is 10.9. The molecular weight excluding hydrogens is 1670 g/mol. The Morgan fingerprint density at radius 1 is 0.544 bits per heavy atom. The van der Waals surface area contributed by atoms with Gasteiger partial charge >= 0.3 is 6.18 Å². The van der Waals surface area contributed by atoms with Gasteiger partial charge < -0.3 is 105 Å². The summed E-state index contributed by atoms with van der Waals surface area (Å²) in [4.78, 5) is 152. The molecule has 1 fully saturated rings. The second kappa shape index (κ2) is 46.9. The molecule has 9 heterocycles. The van der Waals surface area contributed by atoms with Crippen LogP contribution in [0.3, 0.4) is 0 Å². The third kappa shape index (κ3) is 29.3. The summed E-state index contributed by atoms with van der Waals surface area (Å²) in [5.74, 6) is -3.25. The van der Waals surface area contributed by atoms with Gasteiger partial charge in [-0.15, -0.1) is 21.5 Å². The minimum atomic E-state index is -4.48. The second-order valence-electron chi connectivity index (χ2n) is 29.9. The number of alkyl halides is 3. The van der Waals surface area contributed by atoms with Crippen molar-refractivity contribution in [3.8, 4) is 5.00 Å². The number of likely N-dealkylation sites (tertiary alicyclic amines) is 1. The molecule has 0 spiro atoms. The number of hydrogen-bond donors (Lipinski definition) is 10. The molecule has 676 valence electrons. The minimum absolute atomic E-state index is 0.00904. The van der Waals surface area contributed by atoms with E-state index in [0.29, 0.717) is 62.8 Å². The van der Waals surface area contributed by atoms with E-state index in [1.165, 1.54) is 72.0 Å². The number of thiophene rings is 1. The molecule has 1 atom stereocenters. The average Bonchev–Trinajstić information content (AvgIpc) is 1.59. The molecule has 125 heavy (non-hydrogen) atoms. The van der Waals surface area contributed by atoms with Crippen LogP contribution < -0.4 is 53.2 Å². The Hall–Kier alpha value is -11.6. The number of halogens is 4. The van der Waals surface area contributed by atoms with E-state index in [2.05, 4.69) is 97.1 Å². The highest BCUT2D eigenvalue weighted by atomic mass is 35.5. The van der Waals surface area contributed by atoms with Gasteiger partial charge in [0.1, 0.15) is 28.3 Å². The van der Waals surface area contributed by atoms with Gasteiger partial charge in [0, 0.05) is 191 Å². The molecule has 0 saturated carbocycles. The van der Waals surface area contributed by atoms with Crippen molar-refractivity contribution in [3.05, 3.63) is 141 Å². The number of nitrogens with zero attached hydrogens (tertiary/aromatic N) is 14. The van der Waals surface area contributed by atoms with Crippen LogP contribution in [0.25, 0.3) is 5.00 Å². The zero-order chi connectivity index (χ0) is 89.7. The number of piperidine rings is 1. The highest BCUT2D eigenvalue weighted by Crippen LogP contribution is 2.40. The Morgan fingerprint density at radius 3 is 1.57 bits per heavy atom. The summed E-state index contributed by atoms with van der Waals surface area (Å²) in [5.41, 5.74) is 4.84. The fraction of sp³-hybridized carbons (Fsp3) is 0.506. The summed E-state index contributed by atoms with van der Waals surface area (Å²) >= 11 is 7.95. The largest absolute Gasteiger partial charge is 0.401 e. The molecule has 0 unspecified atom stereocenters. The maximum absolute atomic E-state index is 13.7. The number of hydrogen-bond acceptors (Lipinski definition) is 24. The monoisotopic (exact) mass is 1780 g/mol. The Bertz CT molecular complexity index is 5060. The number of aliphatic imine (C=N–C) groups is 1. The van der Waals surface area contributed by atoms with E-state index in [4.69, 9.17) is 40.3 Å². The number of fused-ring (bicyclic) bond motifs is 3. The number of aryl methyl sites for hydroxylation is 7. The molecule has 0 radical (unpaired) electrons. The van der Waals surface area contributed by atoms with Gasteiger partial charge in [-0.1, -0.05) is 23.7 Å². The third-order valence-corrected chi connectivity index (χ3v) is 21.6. The molecule has 2 aliphatic heterocycles. The van der Waals surface area contributed by atoms with Crippen LogP contribution in [0.1, 0.15) is 150 Å². The quantitative estimate of drug-likeness (QED) is 0.0228. The summed E-state index contributed by atoms with van der Waals surface area (Å²) in [6.07, 6.45) is 6.26. The lowest BCUT2D eigenvalue weighted by Gasteiger charge is -2.32. The van der Waals surface area contributed by atoms with Crippen LogP contribution in [-0.4, -0.2) is 277 Å². The lowest BCUT2D eigenvalue weighted by atomic mass is 9.99. The maximum Gasteiger partial charge on any atom is 0.401 e. The van der Waals surface area contributed by atoms with Gasteiger partial charge in [0.05, 0.1) is 96.1 Å². The topological polar surface area (TPSA) is 450 Å². The van der Waals surface area contributed by atoms with Crippen molar-refractivity contribution < 1.29 is 84.8 Å². The molecule has 10 amide bonds. The van der Waals surface area contributed by atoms with Gasteiger partial charge in [-0.2, -0.15) is 13.2 Å². The van der Waals surface area contributed by atoms with E-state index in [0.717, 1.165) is 65.7 Å². The van der Waals surface area contributed by atoms with Crippen molar-refractivity contribution in [2.75, 3.05) is 159 Å². The smallest absolute Gasteiger partial charge is 0.379 e. The summed E-state index contributed by atoms with van der Waals surface area (Å²) in [5, 5.41) is 37.6. The number of imidazole rings is 3. The van der Waals surface area contributed by atoms with Crippen molar-refractivity contribution >= 4 is 111 Å². The zero-order valence-electron chi connectivity index (χ0n) is 71.1. The summed E-state index contributed by atoms with van der Waals surface area (Å²) in [7, 11) is 7.93. The Kier molecular flexibility index (Phi) is 35.9. The molecule has 10 rings (SSSR count). The van der Waals surface area contributed by atoms with Crippen LogP contribution in [0.2, 0.25) is 5.02 Å². The normalized spacial score (nSPS) is 13.5. The van der Waals surface area contributed by atoms with Gasteiger partial charge in [0.25, 0.3) is 29.5 Å². The molecule has 1 aromatic carbocycles. The van der Waals surface area contributed by atoms with Gasteiger partial charge in [-0.3, -0.25) is 62.4 Å². The standard InChI is InChI=1S/C81H108ClF3N24O15S/c1-51-52(2)125-80-69(51)70(54-11-13-55(82)14-12-54)95-59(71-101-100-53(3)109(71)80)45-68(114)92-56-18-29-107(30-19-56)32-34-121-36-38-123-40-42-124-41-39-122-37-35-120-33-20-65(111)87-22-10-28-108(50-81(83,84)85)27-9-21-86-64(110)15-23-91-77(117)73-98-62(48-105(73)7)96-66(112)16-24-90-76(116)61-44-58(47-104(61)6)94-79(119)74-99-63(49-106(74)8)97-67(113)17-25-89-75(115)60-43-57(46-103(60)5)93-78(118)72-88-26-31-102(72)4/h11-14,26,31,43-44,46-49,56,59H,9-10,15-25,27-30,32-42,45,50H2,1-8H3,(H,86,110)(H,87,111)(H,89,115)(H,90,116)(H,91,117)(H,92,114)(H,93,118)(H,94,119)(H,96,112)(H,97,113)/t59-/m0/s1. The lowest BCUT2D eigenvalue weighted by molar-refractivity contribution is -0.146. The molecule has 7 aromatic heterocycles. The van der Waals surface area contributed by atoms with Crippen LogP contribution in [0.15, 0.2) is 78.6 Å². The Labute approximate surface area is 728 Å². The number of amides is 10. The molecule has 1 saturated heterocycles. The minimum Gasteiger partial charge on any atom is -0.379 e. The molecule has 2 aliphatic rings. The highest BCUT2D eigenvalue weighted by Gasteiger charge is 2.35. The van der Waals surface area contributed by atoms with Crippen molar-refractivity contribution in [1.29, 1.82) is 0 Å². The predicted molar refractivity (Wildman–Crippen MR) is 456 cm³/mol. The average molecular weight is 1780 g/mol. The first-order chi connectivity index (χ1) is 59.9. The Morgan fingerprint density at radius 2 is 1.04 bits per heavy atom. The van der Waals surface area contributed by atoms with E-state index in [1.807, 2.05) is 35.8 Å². The van der Waals surface area contributed by atoms with Gasteiger partial charge in [0.2, 0.25) is 41.2 Å². The molecular formula is C81H108ClF3N24O15S. The summed E-state index contributed by atoms with van der Waals surface area (Å²) in [6, 6.07) is 10.0. The van der Waals surface area contributed by atoms with Crippen LogP contribution >= 0.6 is 22.9 Å². The number of carbonyl (C=O) groups is 10. The number of rotatable bonds is 49. The van der Waals surface area contributed by atoms with E-state index >= 15 is 0 Å². The molecule has 8 aromatic rings. The fourth-order valence-corrected chi connectivity index (χ4v) is 15.0. The molecule has 0 bridgehead atoms.